The fraction of sp³-hybridized carbons (Fsp3) is 0.174. The standard InChI is InChI=1S/C23H19N3O/c1-15-22-19(25-23-24-18-9-5-6-10-20(18)26(15)23)13-17(14-21(22)27)12-11-16-7-3-2-4-8-16/h2-12,17H,13-14H2,1H3/b12-11+/t17-/m0/s1. The minimum absolute atomic E-state index is 0.170. The molecule has 0 amide bonds. The normalized spacial score (nSPS) is 17.1. The fourth-order valence-electron chi connectivity index (χ4n) is 4.03. The zero-order valence-electron chi connectivity index (χ0n) is 15.1. The van der Waals surface area contributed by atoms with E-state index in [1.165, 1.54) is 0 Å². The van der Waals surface area contributed by atoms with Crippen LogP contribution < -0.4 is 0 Å². The molecule has 4 nitrogen and oxygen atoms in total. The van der Waals surface area contributed by atoms with E-state index in [1.54, 1.807) is 0 Å². The molecule has 0 bridgehead atoms. The summed E-state index contributed by atoms with van der Waals surface area (Å²) in [6, 6.07) is 18.1. The number of imidazole rings is 1. The Balaban J connectivity index is 1.58. The van der Waals surface area contributed by atoms with E-state index in [1.807, 2.05) is 53.8 Å². The van der Waals surface area contributed by atoms with Crippen molar-refractivity contribution < 1.29 is 4.79 Å². The van der Waals surface area contributed by atoms with Crippen LogP contribution in [0.5, 0.6) is 0 Å². The number of para-hydroxylation sites is 2. The average molecular weight is 353 g/mol. The molecule has 2 aromatic carbocycles. The molecular weight excluding hydrogens is 334 g/mol. The topological polar surface area (TPSA) is 47.3 Å². The maximum Gasteiger partial charge on any atom is 0.235 e. The van der Waals surface area contributed by atoms with Crippen LogP contribution in [0.25, 0.3) is 22.9 Å². The van der Waals surface area contributed by atoms with Gasteiger partial charge in [0.15, 0.2) is 5.78 Å². The van der Waals surface area contributed by atoms with Crippen molar-refractivity contribution in [2.75, 3.05) is 0 Å². The smallest absolute Gasteiger partial charge is 0.235 e. The first-order chi connectivity index (χ1) is 13.2. The zero-order valence-corrected chi connectivity index (χ0v) is 15.1. The van der Waals surface area contributed by atoms with Gasteiger partial charge in [-0.25, -0.2) is 9.97 Å². The van der Waals surface area contributed by atoms with Gasteiger partial charge in [0.25, 0.3) is 0 Å². The summed E-state index contributed by atoms with van der Waals surface area (Å²) in [6.07, 6.45) is 5.53. The van der Waals surface area contributed by atoms with Crippen molar-refractivity contribution in [2.45, 2.75) is 19.8 Å². The Hall–Kier alpha value is -3.27. The van der Waals surface area contributed by atoms with Crippen LogP contribution in [0, 0.1) is 12.8 Å². The van der Waals surface area contributed by atoms with E-state index in [0.29, 0.717) is 12.2 Å². The van der Waals surface area contributed by atoms with Gasteiger partial charge in [-0.05, 0) is 37.0 Å². The first-order valence-corrected chi connectivity index (χ1v) is 9.24. The first kappa shape index (κ1) is 15.9. The summed E-state index contributed by atoms with van der Waals surface area (Å²) in [5.41, 5.74) is 5.64. The molecule has 1 aliphatic carbocycles. The van der Waals surface area contributed by atoms with Gasteiger partial charge in [0, 0.05) is 12.1 Å². The Morgan fingerprint density at radius 3 is 2.63 bits per heavy atom. The molecule has 1 aliphatic rings. The molecule has 5 rings (SSSR count). The predicted molar refractivity (Wildman–Crippen MR) is 107 cm³/mol. The first-order valence-electron chi connectivity index (χ1n) is 9.24. The van der Waals surface area contributed by atoms with Gasteiger partial charge in [-0.1, -0.05) is 54.6 Å². The summed E-state index contributed by atoms with van der Waals surface area (Å²) in [6.45, 7) is 2.00. The van der Waals surface area contributed by atoms with E-state index in [4.69, 9.17) is 4.98 Å². The molecule has 2 heterocycles. The van der Waals surface area contributed by atoms with Crippen molar-refractivity contribution >= 4 is 28.7 Å². The number of ketones is 1. The summed E-state index contributed by atoms with van der Waals surface area (Å²) in [7, 11) is 0. The number of benzene rings is 2. The monoisotopic (exact) mass is 353 g/mol. The highest BCUT2D eigenvalue weighted by atomic mass is 16.1. The molecule has 4 aromatic rings. The van der Waals surface area contributed by atoms with Crippen molar-refractivity contribution in [3.63, 3.8) is 0 Å². The molecule has 1 atom stereocenters. The number of carbonyl (C=O) groups excluding carboxylic acids is 1. The van der Waals surface area contributed by atoms with Crippen LogP contribution in [0.3, 0.4) is 0 Å². The molecule has 2 aromatic heterocycles. The Morgan fingerprint density at radius 1 is 1.00 bits per heavy atom. The highest BCUT2D eigenvalue weighted by Crippen LogP contribution is 2.30. The van der Waals surface area contributed by atoms with E-state index in [-0.39, 0.29) is 11.7 Å². The molecule has 0 unspecified atom stereocenters. The molecule has 0 radical (unpaired) electrons. The van der Waals surface area contributed by atoms with Gasteiger partial charge in [-0.15, -0.1) is 0 Å². The van der Waals surface area contributed by atoms with Crippen LogP contribution >= 0.6 is 0 Å². The van der Waals surface area contributed by atoms with Gasteiger partial charge in [0.1, 0.15) is 0 Å². The van der Waals surface area contributed by atoms with Gasteiger partial charge < -0.3 is 0 Å². The third-order valence-electron chi connectivity index (χ3n) is 5.31. The van der Waals surface area contributed by atoms with Gasteiger partial charge in [0.2, 0.25) is 5.78 Å². The number of hydrogen-bond acceptors (Lipinski definition) is 3. The number of rotatable bonds is 2. The maximum absolute atomic E-state index is 12.9. The molecule has 0 saturated heterocycles. The lowest BCUT2D eigenvalue weighted by Gasteiger charge is -2.22. The van der Waals surface area contributed by atoms with Crippen molar-refractivity contribution in [3.05, 3.63) is 83.2 Å². The number of Topliss-reactive ketones (excluding diaryl/α,β-unsaturated/α-hetero) is 1. The van der Waals surface area contributed by atoms with Crippen LogP contribution in [0.4, 0.5) is 0 Å². The lowest BCUT2D eigenvalue weighted by Crippen LogP contribution is -2.23. The lowest BCUT2D eigenvalue weighted by atomic mass is 9.84. The van der Waals surface area contributed by atoms with Crippen LogP contribution in [-0.2, 0) is 6.42 Å². The van der Waals surface area contributed by atoms with Crippen molar-refractivity contribution in [2.24, 2.45) is 5.92 Å². The quantitative estimate of drug-likeness (QED) is 0.527. The van der Waals surface area contributed by atoms with Gasteiger partial charge >= 0.3 is 0 Å². The van der Waals surface area contributed by atoms with E-state index in [0.717, 1.165) is 40.0 Å². The molecule has 0 fully saturated rings. The molecular formula is C23H19N3O. The van der Waals surface area contributed by atoms with E-state index in [2.05, 4.69) is 29.3 Å². The Bertz CT molecular complexity index is 1200. The molecule has 132 valence electrons. The van der Waals surface area contributed by atoms with E-state index >= 15 is 0 Å². The number of hydrogen-bond donors (Lipinski definition) is 0. The number of fused-ring (bicyclic) bond motifs is 4. The molecule has 4 heteroatoms. The summed E-state index contributed by atoms with van der Waals surface area (Å²) in [5, 5.41) is 0. The Labute approximate surface area is 157 Å². The molecule has 0 spiro atoms. The maximum atomic E-state index is 12.9. The number of allylic oxidation sites excluding steroid dienone is 1. The third kappa shape index (κ3) is 2.65. The fourth-order valence-corrected chi connectivity index (χ4v) is 4.03. The Morgan fingerprint density at radius 2 is 1.78 bits per heavy atom. The van der Waals surface area contributed by atoms with Crippen molar-refractivity contribution in [3.8, 4) is 0 Å². The largest absolute Gasteiger partial charge is 0.294 e. The summed E-state index contributed by atoms with van der Waals surface area (Å²) < 4.78 is 2.01. The zero-order chi connectivity index (χ0) is 18.4. The van der Waals surface area contributed by atoms with Crippen LogP contribution in [-0.4, -0.2) is 20.2 Å². The molecule has 27 heavy (non-hydrogen) atoms. The van der Waals surface area contributed by atoms with Crippen molar-refractivity contribution in [1.82, 2.24) is 14.4 Å². The third-order valence-corrected chi connectivity index (χ3v) is 5.31. The predicted octanol–water partition coefficient (Wildman–Crippen LogP) is 4.65. The van der Waals surface area contributed by atoms with Crippen LogP contribution in [0.2, 0.25) is 0 Å². The second-order valence-electron chi connectivity index (χ2n) is 7.12. The van der Waals surface area contributed by atoms with Gasteiger partial charge in [-0.2, -0.15) is 0 Å². The van der Waals surface area contributed by atoms with Crippen LogP contribution in [0.1, 0.15) is 33.7 Å². The molecule has 0 saturated carbocycles. The summed E-state index contributed by atoms with van der Waals surface area (Å²) in [5.74, 6) is 1.01. The molecule has 0 N–H and O–H groups in total. The average Bonchev–Trinajstić information content (AvgIpc) is 3.05. The summed E-state index contributed by atoms with van der Waals surface area (Å²) >= 11 is 0. The Kier molecular flexibility index (Phi) is 3.64. The van der Waals surface area contributed by atoms with Crippen molar-refractivity contribution in [1.29, 1.82) is 0 Å². The highest BCUT2D eigenvalue weighted by Gasteiger charge is 2.28. The number of carbonyl (C=O) groups is 1. The summed E-state index contributed by atoms with van der Waals surface area (Å²) in [4.78, 5) is 22.3. The minimum Gasteiger partial charge on any atom is -0.294 e. The second kappa shape index (κ2) is 6.16. The van der Waals surface area contributed by atoms with Gasteiger partial charge in [0.05, 0.1) is 22.3 Å². The number of aryl methyl sites for hydroxylation is 1. The van der Waals surface area contributed by atoms with Crippen LogP contribution in [0.15, 0.2) is 60.7 Å². The minimum atomic E-state index is 0.170. The number of nitrogens with zero attached hydrogens (tertiary/aromatic N) is 3. The van der Waals surface area contributed by atoms with E-state index < -0.39 is 0 Å². The lowest BCUT2D eigenvalue weighted by molar-refractivity contribution is 0.0956. The molecule has 0 aliphatic heterocycles. The highest BCUT2D eigenvalue weighted by molar-refractivity contribution is 6.00. The van der Waals surface area contributed by atoms with E-state index in [9.17, 15) is 4.79 Å². The van der Waals surface area contributed by atoms with Gasteiger partial charge in [-0.3, -0.25) is 9.20 Å². The second-order valence-corrected chi connectivity index (χ2v) is 7.12. The number of aromatic nitrogens is 3. The SMILES string of the molecule is Cc1c2c(nc3nc4ccccc4n13)C[C@H](/C=C/c1ccccc1)CC2=O.